The molecule has 1 atom stereocenters. The highest BCUT2D eigenvalue weighted by Crippen LogP contribution is 2.18. The van der Waals surface area contributed by atoms with E-state index in [1.54, 1.807) is 0 Å². The number of piperidine rings is 1. The van der Waals surface area contributed by atoms with Gasteiger partial charge in [-0.2, -0.15) is 4.98 Å². The van der Waals surface area contributed by atoms with Crippen molar-refractivity contribution in [3.05, 3.63) is 29.2 Å². The van der Waals surface area contributed by atoms with Gasteiger partial charge in [0.05, 0.1) is 12.2 Å². The summed E-state index contributed by atoms with van der Waals surface area (Å²) in [6.45, 7) is 7.42. The number of aryl methyl sites for hydroxylation is 2. The van der Waals surface area contributed by atoms with Crippen molar-refractivity contribution < 1.29 is 9.05 Å². The maximum Gasteiger partial charge on any atom is 0.223 e. The van der Waals surface area contributed by atoms with Gasteiger partial charge in [0.1, 0.15) is 5.76 Å². The van der Waals surface area contributed by atoms with Crippen LogP contribution < -0.4 is 0 Å². The zero-order valence-corrected chi connectivity index (χ0v) is 13.4. The van der Waals surface area contributed by atoms with E-state index in [1.807, 2.05) is 19.9 Å². The summed E-state index contributed by atoms with van der Waals surface area (Å²) in [5, 5.41) is 8.06. The minimum atomic E-state index is 0.513. The normalized spacial score (nSPS) is 19.9. The average molecular weight is 305 g/mol. The topological polar surface area (TPSA) is 71.4 Å². The Morgan fingerprint density at radius 2 is 2.18 bits per heavy atom. The molecule has 0 spiro atoms. The van der Waals surface area contributed by atoms with Gasteiger partial charge in [0.15, 0.2) is 5.82 Å². The molecule has 0 saturated carbocycles. The van der Waals surface area contributed by atoms with Crippen molar-refractivity contribution in [3.63, 3.8) is 0 Å². The molecule has 3 rings (SSSR count). The third-order valence-electron chi connectivity index (χ3n) is 4.13. The first-order valence-electron chi connectivity index (χ1n) is 7.74. The molecule has 7 heteroatoms. The van der Waals surface area contributed by atoms with Gasteiger partial charge in [-0.1, -0.05) is 10.3 Å². The van der Waals surface area contributed by atoms with E-state index in [0.717, 1.165) is 43.5 Å². The zero-order chi connectivity index (χ0) is 15.5. The highest BCUT2D eigenvalue weighted by molar-refractivity contribution is 5.03. The molecule has 1 unspecified atom stereocenters. The summed E-state index contributed by atoms with van der Waals surface area (Å²) in [7, 11) is 2.15. The number of aromatic nitrogens is 3. The lowest BCUT2D eigenvalue weighted by Gasteiger charge is -2.36. The first-order valence-corrected chi connectivity index (χ1v) is 7.74. The van der Waals surface area contributed by atoms with Gasteiger partial charge in [-0.25, -0.2) is 0 Å². The van der Waals surface area contributed by atoms with Crippen LogP contribution in [0.3, 0.4) is 0 Å². The lowest BCUT2D eigenvalue weighted by atomic mass is 10.0. The first-order chi connectivity index (χ1) is 10.6. The van der Waals surface area contributed by atoms with Gasteiger partial charge in [0.2, 0.25) is 5.89 Å². The largest absolute Gasteiger partial charge is 0.361 e. The molecule has 0 aromatic carbocycles. The Bertz CT molecular complexity index is 568. The van der Waals surface area contributed by atoms with E-state index in [2.05, 4.69) is 32.1 Å². The third kappa shape index (κ3) is 3.72. The standard InChI is InChI=1S/C15H23N5O2/c1-11-7-13(17-21-11)8-19(3)14-5-4-6-20(9-14)10-15-16-12(2)22-18-15/h7,14H,4-6,8-10H2,1-3H3. The predicted octanol–water partition coefficient (Wildman–Crippen LogP) is 1.77. The van der Waals surface area contributed by atoms with E-state index < -0.39 is 0 Å². The number of rotatable bonds is 5. The number of likely N-dealkylation sites (N-methyl/N-ethyl adjacent to an activating group) is 1. The fraction of sp³-hybridized carbons (Fsp3) is 0.667. The second kappa shape index (κ2) is 6.58. The molecule has 7 nitrogen and oxygen atoms in total. The van der Waals surface area contributed by atoms with Crippen LogP contribution in [0.2, 0.25) is 0 Å². The molecule has 2 aromatic rings. The number of likely N-dealkylation sites (tertiary alicyclic amines) is 1. The minimum Gasteiger partial charge on any atom is -0.361 e. The second-order valence-electron chi connectivity index (χ2n) is 6.10. The van der Waals surface area contributed by atoms with Crippen molar-refractivity contribution in [3.8, 4) is 0 Å². The van der Waals surface area contributed by atoms with E-state index in [0.29, 0.717) is 11.9 Å². The Labute approximate surface area is 130 Å². The Morgan fingerprint density at radius 1 is 1.32 bits per heavy atom. The summed E-state index contributed by atoms with van der Waals surface area (Å²) in [4.78, 5) is 9.03. The molecule has 0 amide bonds. The van der Waals surface area contributed by atoms with E-state index in [-0.39, 0.29) is 0 Å². The molecule has 1 aliphatic heterocycles. The van der Waals surface area contributed by atoms with Gasteiger partial charge in [-0.05, 0) is 33.4 Å². The number of hydrogen-bond acceptors (Lipinski definition) is 7. The van der Waals surface area contributed by atoms with Crippen LogP contribution in [0.15, 0.2) is 15.1 Å². The van der Waals surface area contributed by atoms with Gasteiger partial charge >= 0.3 is 0 Å². The molecule has 120 valence electrons. The Kier molecular flexibility index (Phi) is 4.54. The molecule has 0 bridgehead atoms. The van der Waals surface area contributed by atoms with Crippen molar-refractivity contribution in [1.82, 2.24) is 25.1 Å². The van der Waals surface area contributed by atoms with Crippen LogP contribution in [0, 0.1) is 13.8 Å². The molecule has 0 N–H and O–H groups in total. The van der Waals surface area contributed by atoms with Gasteiger partial charge in [0.25, 0.3) is 0 Å². The van der Waals surface area contributed by atoms with Gasteiger partial charge < -0.3 is 9.05 Å². The fourth-order valence-corrected chi connectivity index (χ4v) is 3.02. The zero-order valence-electron chi connectivity index (χ0n) is 13.4. The molecule has 0 radical (unpaired) electrons. The Hall–Kier alpha value is -1.73. The SMILES string of the molecule is Cc1cc(CN(C)C2CCCN(Cc3noc(C)n3)C2)no1. The lowest BCUT2D eigenvalue weighted by molar-refractivity contribution is 0.103. The average Bonchev–Trinajstić information content (AvgIpc) is 3.08. The summed E-state index contributed by atoms with van der Waals surface area (Å²) in [6.07, 6.45) is 2.39. The number of hydrogen-bond donors (Lipinski definition) is 0. The smallest absolute Gasteiger partial charge is 0.223 e. The van der Waals surface area contributed by atoms with Gasteiger partial charge in [0, 0.05) is 32.1 Å². The van der Waals surface area contributed by atoms with Crippen LogP contribution in [-0.2, 0) is 13.1 Å². The molecule has 3 heterocycles. The first kappa shape index (κ1) is 15.2. The van der Waals surface area contributed by atoms with E-state index in [4.69, 9.17) is 9.05 Å². The van der Waals surface area contributed by atoms with Crippen LogP contribution >= 0.6 is 0 Å². The highest BCUT2D eigenvalue weighted by Gasteiger charge is 2.24. The molecule has 0 aliphatic carbocycles. The Balaban J connectivity index is 1.55. The third-order valence-corrected chi connectivity index (χ3v) is 4.13. The highest BCUT2D eigenvalue weighted by atomic mass is 16.5. The molecule has 1 fully saturated rings. The Morgan fingerprint density at radius 3 is 2.86 bits per heavy atom. The monoisotopic (exact) mass is 305 g/mol. The van der Waals surface area contributed by atoms with Crippen LogP contribution in [0.25, 0.3) is 0 Å². The summed E-state index contributed by atoms with van der Waals surface area (Å²) >= 11 is 0. The van der Waals surface area contributed by atoms with Crippen LogP contribution in [-0.4, -0.2) is 51.3 Å². The van der Waals surface area contributed by atoms with Crippen molar-refractivity contribution in [2.24, 2.45) is 0 Å². The second-order valence-corrected chi connectivity index (χ2v) is 6.10. The van der Waals surface area contributed by atoms with Crippen molar-refractivity contribution >= 4 is 0 Å². The molecular formula is C15H23N5O2. The molecule has 2 aromatic heterocycles. The van der Waals surface area contributed by atoms with Crippen LogP contribution in [0.4, 0.5) is 0 Å². The van der Waals surface area contributed by atoms with Crippen molar-refractivity contribution in [2.45, 2.75) is 45.8 Å². The maximum absolute atomic E-state index is 5.14. The van der Waals surface area contributed by atoms with Crippen LogP contribution in [0.1, 0.15) is 36.0 Å². The van der Waals surface area contributed by atoms with E-state index in [1.165, 1.54) is 12.8 Å². The van der Waals surface area contributed by atoms with Crippen molar-refractivity contribution in [2.75, 3.05) is 20.1 Å². The van der Waals surface area contributed by atoms with Crippen molar-refractivity contribution in [1.29, 1.82) is 0 Å². The molecule has 1 aliphatic rings. The van der Waals surface area contributed by atoms with Crippen LogP contribution in [0.5, 0.6) is 0 Å². The molecule has 1 saturated heterocycles. The van der Waals surface area contributed by atoms with Gasteiger partial charge in [-0.3, -0.25) is 9.80 Å². The fourth-order valence-electron chi connectivity index (χ4n) is 3.02. The molecular weight excluding hydrogens is 282 g/mol. The summed E-state index contributed by atoms with van der Waals surface area (Å²) in [5.74, 6) is 2.26. The lowest BCUT2D eigenvalue weighted by Crippen LogP contribution is -2.45. The quantitative estimate of drug-likeness (QED) is 0.833. The summed E-state index contributed by atoms with van der Waals surface area (Å²) in [5.41, 5.74) is 0.992. The maximum atomic E-state index is 5.14. The predicted molar refractivity (Wildman–Crippen MR) is 80.0 cm³/mol. The van der Waals surface area contributed by atoms with E-state index >= 15 is 0 Å². The van der Waals surface area contributed by atoms with Gasteiger partial charge in [-0.15, -0.1) is 0 Å². The van der Waals surface area contributed by atoms with E-state index in [9.17, 15) is 0 Å². The summed E-state index contributed by atoms with van der Waals surface area (Å²) < 4.78 is 10.2. The number of nitrogens with zero attached hydrogens (tertiary/aromatic N) is 5. The summed E-state index contributed by atoms with van der Waals surface area (Å²) in [6, 6.07) is 2.51. The minimum absolute atomic E-state index is 0.513. The molecule has 22 heavy (non-hydrogen) atoms.